The number of rotatable bonds is 4. The number of aryl methyl sites for hydroxylation is 2. The Morgan fingerprint density at radius 1 is 1.48 bits per heavy atom. The van der Waals surface area contributed by atoms with Gasteiger partial charge in [0.1, 0.15) is 5.82 Å². The van der Waals surface area contributed by atoms with E-state index in [2.05, 4.69) is 30.9 Å². The van der Waals surface area contributed by atoms with Gasteiger partial charge in [-0.2, -0.15) is 5.10 Å². The van der Waals surface area contributed by atoms with Gasteiger partial charge in [-0.15, -0.1) is 10.2 Å². The molecule has 3 heterocycles. The molecule has 124 valence electrons. The zero-order chi connectivity index (χ0) is 16.4. The van der Waals surface area contributed by atoms with Crippen LogP contribution in [0.2, 0.25) is 0 Å². The molecule has 0 saturated carbocycles. The van der Waals surface area contributed by atoms with Gasteiger partial charge in [-0.3, -0.25) is 5.32 Å². The summed E-state index contributed by atoms with van der Waals surface area (Å²) in [6.45, 7) is 2.74. The summed E-state index contributed by atoms with van der Waals surface area (Å²) in [6.07, 6.45) is -0.359. The smallest absolute Gasteiger partial charge is 0.321 e. The fraction of sp³-hybridized carbons (Fsp3) is 0.583. The van der Waals surface area contributed by atoms with Crippen LogP contribution in [0.5, 0.6) is 0 Å². The van der Waals surface area contributed by atoms with Crippen LogP contribution in [-0.2, 0) is 13.0 Å². The van der Waals surface area contributed by atoms with Crippen LogP contribution in [-0.4, -0.2) is 31.0 Å². The normalized spacial score (nSPS) is 17.1. The molecule has 0 unspecified atom stereocenters. The molecule has 0 aromatic carbocycles. The number of hydrogen-bond donors (Lipinski definition) is 2. The van der Waals surface area contributed by atoms with Gasteiger partial charge < -0.3 is 5.32 Å². The summed E-state index contributed by atoms with van der Waals surface area (Å²) >= 11 is 0.647. The zero-order valence-electron chi connectivity index (χ0n) is 12.3. The predicted molar refractivity (Wildman–Crippen MR) is 78.4 cm³/mol. The van der Waals surface area contributed by atoms with E-state index in [-0.39, 0.29) is 11.2 Å². The monoisotopic (exact) mass is 343 g/mol. The molecular weight excluding hydrogens is 328 g/mol. The molecule has 0 radical (unpaired) electrons. The van der Waals surface area contributed by atoms with Gasteiger partial charge in [0.25, 0.3) is 6.43 Å². The molecule has 2 aromatic rings. The number of carbonyl (C=O) groups excluding carboxylic acids is 1. The summed E-state index contributed by atoms with van der Waals surface area (Å²) in [5.74, 6) is 1.45. The molecule has 0 spiro atoms. The lowest BCUT2D eigenvalue weighted by Gasteiger charge is -2.22. The van der Waals surface area contributed by atoms with Gasteiger partial charge in [-0.25, -0.2) is 23.2 Å². The van der Waals surface area contributed by atoms with Crippen molar-refractivity contribution in [2.75, 3.05) is 5.32 Å². The Kier molecular flexibility index (Phi) is 4.46. The molecule has 0 aliphatic carbocycles. The van der Waals surface area contributed by atoms with E-state index < -0.39 is 17.5 Å². The van der Waals surface area contributed by atoms with Crippen LogP contribution < -0.4 is 10.6 Å². The number of hydrogen-bond acceptors (Lipinski definition) is 6. The minimum Gasteiger partial charge on any atom is -0.328 e. The van der Waals surface area contributed by atoms with E-state index in [4.69, 9.17) is 0 Å². The maximum absolute atomic E-state index is 12.5. The third-order valence-electron chi connectivity index (χ3n) is 3.39. The number of carbonyl (C=O) groups is 1. The first-order chi connectivity index (χ1) is 11.1. The Bertz CT molecular complexity index is 701. The number of nitrogens with zero attached hydrogens (tertiary/aromatic N) is 5. The topological polar surface area (TPSA) is 97.6 Å². The Hall–Kier alpha value is -2.17. The van der Waals surface area contributed by atoms with Crippen molar-refractivity contribution in [3.63, 3.8) is 0 Å². The van der Waals surface area contributed by atoms with Crippen molar-refractivity contribution < 1.29 is 13.6 Å². The van der Waals surface area contributed by atoms with Gasteiger partial charge in [-0.05, 0) is 12.8 Å². The van der Waals surface area contributed by atoms with Crippen LogP contribution in [0.25, 0.3) is 0 Å². The molecular formula is C12H15F2N7OS. The van der Waals surface area contributed by atoms with E-state index in [9.17, 15) is 13.6 Å². The highest BCUT2D eigenvalue weighted by Gasteiger charge is 2.26. The molecule has 2 aromatic heterocycles. The maximum Gasteiger partial charge on any atom is 0.321 e. The maximum atomic E-state index is 12.5. The van der Waals surface area contributed by atoms with Crippen LogP contribution in [0.1, 0.15) is 48.9 Å². The Labute approximate surface area is 134 Å². The van der Waals surface area contributed by atoms with Crippen LogP contribution in [0.15, 0.2) is 0 Å². The van der Waals surface area contributed by atoms with Crippen molar-refractivity contribution >= 4 is 22.5 Å². The summed E-state index contributed by atoms with van der Waals surface area (Å²) in [6, 6.07) is -0.791. The average molecular weight is 343 g/mol. The van der Waals surface area contributed by atoms with Crippen molar-refractivity contribution in [1.82, 2.24) is 30.3 Å². The van der Waals surface area contributed by atoms with Crippen molar-refractivity contribution in [2.45, 2.75) is 45.2 Å². The first-order valence-electron chi connectivity index (χ1n) is 7.19. The van der Waals surface area contributed by atoms with Crippen LogP contribution >= 0.6 is 11.3 Å². The summed E-state index contributed by atoms with van der Waals surface area (Å²) in [7, 11) is 0. The summed E-state index contributed by atoms with van der Waals surface area (Å²) in [4.78, 5) is 16.4. The summed E-state index contributed by atoms with van der Waals surface area (Å²) in [5, 5.41) is 16.0. The number of nitrogens with one attached hydrogen (secondary N) is 2. The number of halogens is 2. The highest BCUT2D eigenvalue weighted by Crippen LogP contribution is 2.26. The molecule has 1 atom stereocenters. The van der Waals surface area contributed by atoms with Gasteiger partial charge in [0.15, 0.2) is 10.8 Å². The molecule has 1 aliphatic rings. The molecule has 1 aliphatic heterocycles. The standard InChI is InChI=1S/C12H15F2N7OS/c1-2-7-16-9-6(4-3-5-21(9)20-7)15-11(22)17-12-19-18-10(23-12)8(13)14/h6,8H,2-5H2,1H3,(H2,15,17,19,22)/t6-/m0/s1. The van der Waals surface area contributed by atoms with Crippen molar-refractivity contribution in [2.24, 2.45) is 0 Å². The van der Waals surface area contributed by atoms with Crippen molar-refractivity contribution in [3.05, 3.63) is 16.7 Å². The van der Waals surface area contributed by atoms with Crippen LogP contribution in [0, 0.1) is 0 Å². The average Bonchev–Trinajstić information content (AvgIpc) is 3.13. The lowest BCUT2D eigenvalue weighted by atomic mass is 10.1. The Morgan fingerprint density at radius 2 is 2.30 bits per heavy atom. The first-order valence-corrected chi connectivity index (χ1v) is 8.01. The quantitative estimate of drug-likeness (QED) is 0.887. The zero-order valence-corrected chi connectivity index (χ0v) is 13.1. The van der Waals surface area contributed by atoms with E-state index in [1.807, 2.05) is 6.92 Å². The highest BCUT2D eigenvalue weighted by atomic mass is 32.1. The SMILES string of the molecule is CCc1nc2n(n1)CCC[C@@H]2NC(=O)Nc1nnc(C(F)F)s1. The number of fused-ring (bicyclic) bond motifs is 1. The molecule has 11 heteroatoms. The van der Waals surface area contributed by atoms with Gasteiger partial charge >= 0.3 is 6.03 Å². The van der Waals surface area contributed by atoms with E-state index in [0.29, 0.717) is 17.2 Å². The van der Waals surface area contributed by atoms with Gasteiger partial charge in [0.05, 0.1) is 6.04 Å². The molecule has 0 bridgehead atoms. The molecule has 2 N–H and O–H groups in total. The number of aromatic nitrogens is 5. The second-order valence-electron chi connectivity index (χ2n) is 5.00. The first kappa shape index (κ1) is 15.7. The Balaban J connectivity index is 1.65. The number of amides is 2. The third-order valence-corrected chi connectivity index (χ3v) is 4.23. The van der Waals surface area contributed by atoms with Crippen LogP contribution in [0.4, 0.5) is 18.7 Å². The summed E-state index contributed by atoms with van der Waals surface area (Å²) < 4.78 is 26.7. The number of urea groups is 1. The number of alkyl halides is 2. The van der Waals surface area contributed by atoms with Gasteiger partial charge in [-0.1, -0.05) is 18.3 Å². The van der Waals surface area contributed by atoms with Gasteiger partial charge in [0, 0.05) is 13.0 Å². The molecule has 23 heavy (non-hydrogen) atoms. The molecule has 0 saturated heterocycles. The minimum atomic E-state index is -2.70. The van der Waals surface area contributed by atoms with E-state index in [0.717, 1.165) is 31.6 Å². The molecule has 0 fully saturated rings. The van der Waals surface area contributed by atoms with E-state index in [1.54, 1.807) is 4.68 Å². The molecule has 2 amide bonds. The van der Waals surface area contributed by atoms with Gasteiger partial charge in [0.2, 0.25) is 5.13 Å². The largest absolute Gasteiger partial charge is 0.328 e. The third kappa shape index (κ3) is 3.44. The fourth-order valence-electron chi connectivity index (χ4n) is 2.35. The van der Waals surface area contributed by atoms with Crippen molar-refractivity contribution in [3.8, 4) is 0 Å². The lowest BCUT2D eigenvalue weighted by molar-refractivity contribution is 0.150. The summed E-state index contributed by atoms with van der Waals surface area (Å²) in [5.41, 5.74) is 0. The van der Waals surface area contributed by atoms with Crippen molar-refractivity contribution in [1.29, 1.82) is 0 Å². The molecule has 8 nitrogen and oxygen atoms in total. The second-order valence-corrected chi connectivity index (χ2v) is 6.01. The molecule has 3 rings (SSSR count). The fourth-order valence-corrected chi connectivity index (χ4v) is 2.94. The predicted octanol–water partition coefficient (Wildman–Crippen LogP) is 2.29. The lowest BCUT2D eigenvalue weighted by Crippen LogP contribution is -2.36. The Morgan fingerprint density at radius 3 is 3.00 bits per heavy atom. The van der Waals surface area contributed by atoms with Crippen LogP contribution in [0.3, 0.4) is 0 Å². The van der Waals surface area contributed by atoms with E-state index in [1.165, 1.54) is 0 Å². The number of anilines is 1. The second kappa shape index (κ2) is 6.52. The highest BCUT2D eigenvalue weighted by molar-refractivity contribution is 7.15. The van der Waals surface area contributed by atoms with E-state index >= 15 is 0 Å². The minimum absolute atomic E-state index is 0.0318.